The van der Waals surface area contributed by atoms with Gasteiger partial charge in [-0.15, -0.1) is 0 Å². The zero-order valence-electron chi connectivity index (χ0n) is 34.7. The van der Waals surface area contributed by atoms with Gasteiger partial charge in [-0.25, -0.2) is 0 Å². The summed E-state index contributed by atoms with van der Waals surface area (Å²) >= 11 is -4.28. The van der Waals surface area contributed by atoms with E-state index in [4.69, 9.17) is 27.6 Å². The number of para-hydroxylation sites is 6. The molecular formula is C58H34GeN2O4. The number of furan rings is 4. The molecule has 6 aromatic heterocycles. The molecule has 0 N–H and O–H groups in total. The van der Waals surface area contributed by atoms with E-state index >= 15 is 0 Å². The van der Waals surface area contributed by atoms with Crippen LogP contribution in [0.1, 0.15) is 0 Å². The van der Waals surface area contributed by atoms with Gasteiger partial charge in [-0.3, -0.25) is 0 Å². The summed E-state index contributed by atoms with van der Waals surface area (Å²) in [4.78, 5) is 10.5. The summed E-state index contributed by atoms with van der Waals surface area (Å²) in [5.74, 6) is 0. The third-order valence-corrected chi connectivity index (χ3v) is 23.1. The van der Waals surface area contributed by atoms with Gasteiger partial charge in [0.1, 0.15) is 0 Å². The number of hydrogen-bond acceptors (Lipinski definition) is 6. The van der Waals surface area contributed by atoms with E-state index in [1.165, 1.54) is 8.79 Å². The fourth-order valence-electron chi connectivity index (χ4n) is 10.6. The van der Waals surface area contributed by atoms with Crippen LogP contribution in [0.15, 0.2) is 224 Å². The molecule has 0 unspecified atom stereocenters. The molecule has 6 nitrogen and oxygen atoms in total. The van der Waals surface area contributed by atoms with Gasteiger partial charge < -0.3 is 0 Å². The molecule has 0 aliphatic carbocycles. The van der Waals surface area contributed by atoms with Gasteiger partial charge in [-0.2, -0.15) is 0 Å². The van der Waals surface area contributed by atoms with E-state index < -0.39 is 13.3 Å². The second kappa shape index (κ2) is 13.9. The molecule has 0 saturated heterocycles. The minimum absolute atomic E-state index is 0.708. The van der Waals surface area contributed by atoms with Crippen LogP contribution in [0, 0.1) is 0 Å². The van der Waals surface area contributed by atoms with Crippen molar-refractivity contribution in [3.8, 4) is 22.4 Å². The molecule has 0 radical (unpaired) electrons. The Morgan fingerprint density at radius 3 is 1.35 bits per heavy atom. The molecule has 304 valence electrons. The predicted molar refractivity (Wildman–Crippen MR) is 266 cm³/mol. The Kier molecular flexibility index (Phi) is 7.76. The average Bonchev–Trinajstić information content (AvgIpc) is 4.16. The van der Waals surface area contributed by atoms with Crippen molar-refractivity contribution in [1.29, 1.82) is 0 Å². The number of fused-ring (bicyclic) bond motifs is 12. The fraction of sp³-hybridized carbons (Fsp3) is 0. The van der Waals surface area contributed by atoms with Crippen LogP contribution in [0.25, 0.3) is 110 Å². The van der Waals surface area contributed by atoms with E-state index in [0.717, 1.165) is 113 Å². The number of hydrogen-bond donors (Lipinski definition) is 0. The predicted octanol–water partition coefficient (Wildman–Crippen LogP) is 12.8. The summed E-state index contributed by atoms with van der Waals surface area (Å²) in [5, 5.41) is 8.29. The van der Waals surface area contributed by atoms with E-state index in [9.17, 15) is 0 Å². The van der Waals surface area contributed by atoms with Crippen LogP contribution in [0.2, 0.25) is 0 Å². The summed E-state index contributed by atoms with van der Waals surface area (Å²) in [6.07, 6.45) is 3.84. The molecule has 6 heterocycles. The van der Waals surface area contributed by atoms with Crippen molar-refractivity contribution in [3.63, 3.8) is 0 Å². The Hall–Kier alpha value is -8.20. The first-order chi connectivity index (χ1) is 32.3. The minimum atomic E-state index is -4.28. The second-order valence-corrected chi connectivity index (χ2v) is 24.4. The van der Waals surface area contributed by atoms with Crippen LogP contribution < -0.4 is 17.7 Å². The maximum absolute atomic E-state index is 7.37. The molecule has 8 aromatic carbocycles. The molecule has 14 rings (SSSR count). The molecule has 14 aromatic rings. The third kappa shape index (κ3) is 5.11. The molecular weight excluding hydrogens is 861 g/mol. The molecule has 0 bridgehead atoms. The molecule has 0 aliphatic heterocycles. The number of aromatic nitrogens is 2. The Bertz CT molecular complexity index is 3930. The van der Waals surface area contributed by atoms with Crippen LogP contribution >= 0.6 is 0 Å². The quantitative estimate of drug-likeness (QED) is 0.155. The second-order valence-electron chi connectivity index (χ2n) is 16.7. The Morgan fingerprint density at radius 1 is 0.292 bits per heavy atom. The van der Waals surface area contributed by atoms with E-state index in [-0.39, 0.29) is 0 Å². The van der Waals surface area contributed by atoms with Crippen molar-refractivity contribution in [2.24, 2.45) is 0 Å². The van der Waals surface area contributed by atoms with Crippen molar-refractivity contribution < 1.29 is 17.7 Å². The topological polar surface area (TPSA) is 78.3 Å². The fourth-order valence-corrected chi connectivity index (χ4v) is 20.7. The first-order valence-electron chi connectivity index (χ1n) is 21.8. The van der Waals surface area contributed by atoms with Crippen LogP contribution in [0.4, 0.5) is 0 Å². The van der Waals surface area contributed by atoms with Gasteiger partial charge in [0, 0.05) is 0 Å². The van der Waals surface area contributed by atoms with Gasteiger partial charge in [-0.1, -0.05) is 0 Å². The van der Waals surface area contributed by atoms with Crippen molar-refractivity contribution in [2.75, 3.05) is 0 Å². The molecule has 0 atom stereocenters. The number of rotatable bonds is 6. The standard InChI is InChI=1S/C58H34GeN2O4/c1-3-15-35(16-4-1)59(36-17-5-2-6-18-36,48-28-14-26-44-45-31-33-60-51(56(45)65-55(44)48)47-27-13-22-40-38-20-8-10-30-50(38)63-54(40)47)58-57-46(32-34-61-58)43-25-12-24-42(53(43)64-57)41-23-11-21-39-37-19-7-9-29-49(37)62-52(39)41/h1-34H. The average molecular weight is 896 g/mol. The molecule has 0 aliphatic rings. The zero-order valence-corrected chi connectivity index (χ0v) is 36.8. The first-order valence-corrected chi connectivity index (χ1v) is 26.0. The van der Waals surface area contributed by atoms with E-state index in [0.29, 0.717) is 5.58 Å². The normalized spacial score (nSPS) is 12.3. The van der Waals surface area contributed by atoms with Crippen molar-refractivity contribution in [2.45, 2.75) is 0 Å². The monoisotopic (exact) mass is 896 g/mol. The van der Waals surface area contributed by atoms with Gasteiger partial charge >= 0.3 is 375 Å². The Balaban J connectivity index is 1.07. The molecule has 65 heavy (non-hydrogen) atoms. The molecule has 0 amide bonds. The van der Waals surface area contributed by atoms with E-state index in [1.54, 1.807) is 0 Å². The molecule has 7 heteroatoms. The number of benzene rings is 8. The van der Waals surface area contributed by atoms with E-state index in [1.807, 2.05) is 42.7 Å². The van der Waals surface area contributed by atoms with Gasteiger partial charge in [0.15, 0.2) is 0 Å². The first kappa shape index (κ1) is 36.3. The van der Waals surface area contributed by atoms with Crippen molar-refractivity contribution in [1.82, 2.24) is 9.97 Å². The molecule has 0 fully saturated rings. The van der Waals surface area contributed by atoms with Gasteiger partial charge in [0.25, 0.3) is 0 Å². The maximum atomic E-state index is 7.37. The zero-order chi connectivity index (χ0) is 42.6. The van der Waals surface area contributed by atoms with Crippen LogP contribution in [-0.2, 0) is 0 Å². The van der Waals surface area contributed by atoms with Crippen LogP contribution in [0.5, 0.6) is 0 Å². The summed E-state index contributed by atoms with van der Waals surface area (Å²) in [7, 11) is 0. The van der Waals surface area contributed by atoms with Gasteiger partial charge in [-0.05, 0) is 0 Å². The Labute approximate surface area is 373 Å². The molecule has 0 saturated carbocycles. The van der Waals surface area contributed by atoms with E-state index in [2.05, 4.69) is 164 Å². The summed E-state index contributed by atoms with van der Waals surface area (Å²) in [5.41, 5.74) is 9.95. The Morgan fingerprint density at radius 2 is 0.723 bits per heavy atom. The summed E-state index contributed by atoms with van der Waals surface area (Å²) < 4.78 is 32.3. The van der Waals surface area contributed by atoms with Crippen molar-refractivity contribution in [3.05, 3.63) is 207 Å². The third-order valence-electron chi connectivity index (χ3n) is 13.4. The van der Waals surface area contributed by atoms with Crippen molar-refractivity contribution >= 4 is 119 Å². The number of pyridine rings is 2. The van der Waals surface area contributed by atoms with Crippen LogP contribution in [-0.4, -0.2) is 23.2 Å². The number of nitrogens with zero attached hydrogens (tertiary/aromatic N) is 2. The van der Waals surface area contributed by atoms with Gasteiger partial charge in [0.2, 0.25) is 0 Å². The summed E-state index contributed by atoms with van der Waals surface area (Å²) in [6.45, 7) is 0. The molecule has 0 spiro atoms. The SMILES string of the molecule is c1cc[c]([Ge]([c]2ccccc2)([c]2cccc3c2oc2c(-c4cccc5c4oc4ccccc45)nccc23)[c]2nccc3c2oc2c(-c4cccc5c4oc4ccccc45)cccc23)cc1. The van der Waals surface area contributed by atoms with Crippen LogP contribution in [0.3, 0.4) is 0 Å². The summed E-state index contributed by atoms with van der Waals surface area (Å²) in [6, 6.07) is 67.9. The van der Waals surface area contributed by atoms with Gasteiger partial charge in [0.05, 0.1) is 0 Å².